The van der Waals surface area contributed by atoms with Crippen LogP contribution < -0.4 is 4.74 Å². The van der Waals surface area contributed by atoms with E-state index in [-0.39, 0.29) is 0 Å². The highest BCUT2D eigenvalue weighted by molar-refractivity contribution is 6.17. The molecule has 12 heavy (non-hydrogen) atoms. The van der Waals surface area contributed by atoms with E-state index in [1.54, 1.807) is 12.1 Å². The summed E-state index contributed by atoms with van der Waals surface area (Å²) in [6.45, 7) is 0. The number of ether oxygens (including phenoxy) is 1. The Morgan fingerprint density at radius 3 is 2.83 bits per heavy atom. The molecule has 0 radical (unpaired) electrons. The maximum atomic E-state index is 8.70. The van der Waals surface area contributed by atoms with Gasteiger partial charge in [0, 0.05) is 5.88 Å². The van der Waals surface area contributed by atoms with E-state index in [0.29, 0.717) is 17.2 Å². The zero-order chi connectivity index (χ0) is 8.97. The lowest BCUT2D eigenvalue weighted by molar-refractivity contribution is 0.413. The number of nitriles is 1. The predicted octanol–water partition coefficient (Wildman–Crippen LogP) is 2.31. The monoisotopic (exact) mass is 181 g/mol. The molecular formula is C9H8ClNO. The molecule has 3 heteroatoms. The van der Waals surface area contributed by atoms with E-state index in [0.717, 1.165) is 5.56 Å². The van der Waals surface area contributed by atoms with Crippen LogP contribution in [0.15, 0.2) is 18.2 Å². The second kappa shape index (κ2) is 3.99. The van der Waals surface area contributed by atoms with Gasteiger partial charge in [-0.05, 0) is 17.7 Å². The highest BCUT2D eigenvalue weighted by Crippen LogP contribution is 2.19. The summed E-state index contributed by atoms with van der Waals surface area (Å²) in [5.41, 5.74) is 1.45. The number of methoxy groups -OCH3 is 1. The second-order valence-electron chi connectivity index (χ2n) is 2.28. The van der Waals surface area contributed by atoms with Gasteiger partial charge in [-0.25, -0.2) is 0 Å². The molecule has 0 heterocycles. The van der Waals surface area contributed by atoms with Gasteiger partial charge in [-0.3, -0.25) is 0 Å². The Bertz CT molecular complexity index is 317. The first-order valence-corrected chi connectivity index (χ1v) is 3.98. The lowest BCUT2D eigenvalue weighted by Crippen LogP contribution is -1.89. The number of hydrogen-bond acceptors (Lipinski definition) is 2. The number of alkyl halides is 1. The van der Waals surface area contributed by atoms with Gasteiger partial charge in [-0.1, -0.05) is 6.07 Å². The summed E-state index contributed by atoms with van der Waals surface area (Å²) >= 11 is 5.60. The first kappa shape index (κ1) is 8.89. The summed E-state index contributed by atoms with van der Waals surface area (Å²) in [5, 5.41) is 8.70. The molecule has 0 aliphatic rings. The molecule has 0 atom stereocenters. The average Bonchev–Trinajstić information content (AvgIpc) is 2.16. The fraction of sp³-hybridized carbons (Fsp3) is 0.222. The Morgan fingerprint density at radius 2 is 2.33 bits per heavy atom. The topological polar surface area (TPSA) is 33.0 Å². The molecule has 0 bridgehead atoms. The van der Waals surface area contributed by atoms with E-state index in [2.05, 4.69) is 0 Å². The van der Waals surface area contributed by atoms with Crippen LogP contribution in [-0.2, 0) is 5.88 Å². The van der Waals surface area contributed by atoms with Crippen LogP contribution in [0.4, 0.5) is 0 Å². The number of rotatable bonds is 2. The molecule has 0 saturated heterocycles. The lowest BCUT2D eigenvalue weighted by atomic mass is 10.1. The first-order chi connectivity index (χ1) is 5.81. The van der Waals surface area contributed by atoms with Crippen LogP contribution in [0.1, 0.15) is 11.1 Å². The standard InChI is InChI=1S/C9H8ClNO/c1-12-9-3-2-7(5-10)4-8(9)6-11/h2-4H,5H2,1H3. The van der Waals surface area contributed by atoms with Gasteiger partial charge in [-0.15, -0.1) is 11.6 Å². The summed E-state index contributed by atoms with van der Waals surface area (Å²) in [6, 6.07) is 7.35. The van der Waals surface area contributed by atoms with Crippen LogP contribution in [0.2, 0.25) is 0 Å². The largest absolute Gasteiger partial charge is 0.495 e. The van der Waals surface area contributed by atoms with Crippen LogP contribution >= 0.6 is 11.6 Å². The third-order valence-corrected chi connectivity index (χ3v) is 1.85. The molecule has 0 aliphatic heterocycles. The molecule has 2 nitrogen and oxygen atoms in total. The van der Waals surface area contributed by atoms with Gasteiger partial charge >= 0.3 is 0 Å². The van der Waals surface area contributed by atoms with Crippen molar-refractivity contribution in [1.29, 1.82) is 5.26 Å². The van der Waals surface area contributed by atoms with Crippen LogP contribution in [0, 0.1) is 11.3 Å². The normalized spacial score (nSPS) is 9.08. The minimum Gasteiger partial charge on any atom is -0.495 e. The van der Waals surface area contributed by atoms with Crippen LogP contribution in [0.25, 0.3) is 0 Å². The molecule has 0 amide bonds. The van der Waals surface area contributed by atoms with Crippen molar-refractivity contribution in [3.63, 3.8) is 0 Å². The molecule has 1 aromatic rings. The zero-order valence-corrected chi connectivity index (χ0v) is 7.43. The van der Waals surface area contributed by atoms with Crippen molar-refractivity contribution in [3.8, 4) is 11.8 Å². The Kier molecular flexibility index (Phi) is 2.95. The summed E-state index contributed by atoms with van der Waals surface area (Å²) in [5.74, 6) is 1.00. The van der Waals surface area contributed by atoms with Crippen LogP contribution in [-0.4, -0.2) is 7.11 Å². The molecule has 0 aliphatic carbocycles. The summed E-state index contributed by atoms with van der Waals surface area (Å²) < 4.78 is 4.97. The number of nitrogens with zero attached hydrogens (tertiary/aromatic N) is 1. The molecule has 0 unspecified atom stereocenters. The van der Waals surface area contributed by atoms with E-state index in [1.165, 1.54) is 7.11 Å². The van der Waals surface area contributed by atoms with Gasteiger partial charge in [-0.2, -0.15) is 5.26 Å². The third kappa shape index (κ3) is 1.69. The Balaban J connectivity index is 3.13. The van der Waals surface area contributed by atoms with Gasteiger partial charge in [0.2, 0.25) is 0 Å². The third-order valence-electron chi connectivity index (χ3n) is 1.54. The number of hydrogen-bond donors (Lipinski definition) is 0. The molecule has 0 spiro atoms. The Hall–Kier alpha value is -1.20. The van der Waals surface area contributed by atoms with Crippen molar-refractivity contribution in [1.82, 2.24) is 0 Å². The fourth-order valence-electron chi connectivity index (χ4n) is 0.926. The van der Waals surface area contributed by atoms with Gasteiger partial charge in [0.05, 0.1) is 12.7 Å². The maximum absolute atomic E-state index is 8.70. The number of halogens is 1. The first-order valence-electron chi connectivity index (χ1n) is 3.44. The van der Waals surface area contributed by atoms with E-state index in [1.807, 2.05) is 12.1 Å². The highest BCUT2D eigenvalue weighted by Gasteiger charge is 2.01. The molecule has 0 aromatic heterocycles. The van der Waals surface area contributed by atoms with E-state index in [4.69, 9.17) is 21.6 Å². The lowest BCUT2D eigenvalue weighted by Gasteiger charge is -2.02. The van der Waals surface area contributed by atoms with Crippen molar-refractivity contribution in [2.45, 2.75) is 5.88 Å². The van der Waals surface area contributed by atoms with Gasteiger partial charge in [0.15, 0.2) is 0 Å². The molecule has 0 saturated carbocycles. The van der Waals surface area contributed by atoms with Crippen molar-refractivity contribution in [2.75, 3.05) is 7.11 Å². The van der Waals surface area contributed by atoms with Gasteiger partial charge in [0.25, 0.3) is 0 Å². The Morgan fingerprint density at radius 1 is 1.58 bits per heavy atom. The molecule has 62 valence electrons. The maximum Gasteiger partial charge on any atom is 0.136 e. The SMILES string of the molecule is COc1ccc(CCl)cc1C#N. The van der Waals surface area contributed by atoms with Crippen LogP contribution in [0.5, 0.6) is 5.75 Å². The highest BCUT2D eigenvalue weighted by atomic mass is 35.5. The van der Waals surface area contributed by atoms with E-state index in [9.17, 15) is 0 Å². The molecule has 0 fully saturated rings. The van der Waals surface area contributed by atoms with Crippen LogP contribution in [0.3, 0.4) is 0 Å². The van der Waals surface area contributed by atoms with Crippen molar-refractivity contribution in [3.05, 3.63) is 29.3 Å². The minimum atomic E-state index is 0.415. The van der Waals surface area contributed by atoms with Gasteiger partial charge < -0.3 is 4.74 Å². The predicted molar refractivity (Wildman–Crippen MR) is 47.3 cm³/mol. The summed E-state index contributed by atoms with van der Waals surface area (Å²) in [6.07, 6.45) is 0. The Labute approximate surface area is 76.3 Å². The van der Waals surface area contributed by atoms with Gasteiger partial charge in [0.1, 0.15) is 11.8 Å². The van der Waals surface area contributed by atoms with E-state index < -0.39 is 0 Å². The van der Waals surface area contributed by atoms with Crippen molar-refractivity contribution in [2.24, 2.45) is 0 Å². The molecule has 1 rings (SSSR count). The second-order valence-corrected chi connectivity index (χ2v) is 2.55. The summed E-state index contributed by atoms with van der Waals surface area (Å²) in [7, 11) is 1.54. The molecule has 1 aromatic carbocycles. The van der Waals surface area contributed by atoms with Crippen molar-refractivity contribution < 1.29 is 4.74 Å². The fourth-order valence-corrected chi connectivity index (χ4v) is 1.09. The quantitative estimate of drug-likeness (QED) is 0.656. The number of benzene rings is 1. The molecular weight excluding hydrogens is 174 g/mol. The molecule has 0 N–H and O–H groups in total. The average molecular weight is 182 g/mol. The minimum absolute atomic E-state index is 0.415. The van der Waals surface area contributed by atoms with Crippen molar-refractivity contribution >= 4 is 11.6 Å². The summed E-state index contributed by atoms with van der Waals surface area (Å²) in [4.78, 5) is 0. The van der Waals surface area contributed by atoms with E-state index >= 15 is 0 Å². The zero-order valence-electron chi connectivity index (χ0n) is 6.67. The smallest absolute Gasteiger partial charge is 0.136 e.